The molecule has 2 rings (SSSR count). The van der Waals surface area contributed by atoms with Crippen molar-refractivity contribution in [3.63, 3.8) is 0 Å². The maximum atomic E-state index is 15.1. The van der Waals surface area contributed by atoms with Gasteiger partial charge < -0.3 is 14.0 Å². The van der Waals surface area contributed by atoms with E-state index in [1.807, 2.05) is 27.7 Å². The lowest BCUT2D eigenvalue weighted by Crippen LogP contribution is -2.41. The van der Waals surface area contributed by atoms with Crippen molar-refractivity contribution in [2.45, 2.75) is 71.5 Å². The lowest BCUT2D eigenvalue weighted by molar-refractivity contribution is 0.00578. The molecule has 7 heteroatoms. The van der Waals surface area contributed by atoms with Gasteiger partial charge in [0.1, 0.15) is 17.6 Å². The SMILES string of the molecule is Cc1c(F)c(B2OC(C)(C)C(C)(C)O2)cc(C#N)c1OCC[Si](C)(C)C. The van der Waals surface area contributed by atoms with Gasteiger partial charge in [0.05, 0.1) is 23.4 Å². The average Bonchev–Trinajstić information content (AvgIpc) is 2.70. The molecule has 0 amide bonds. The van der Waals surface area contributed by atoms with Crippen molar-refractivity contribution in [3.8, 4) is 11.8 Å². The minimum Gasteiger partial charge on any atom is -0.492 e. The van der Waals surface area contributed by atoms with Crippen LogP contribution >= 0.6 is 0 Å². The summed E-state index contributed by atoms with van der Waals surface area (Å²) in [6.45, 7) is 16.5. The van der Waals surface area contributed by atoms with Crippen molar-refractivity contribution >= 4 is 20.7 Å². The second-order valence-corrected chi connectivity index (χ2v) is 14.8. The summed E-state index contributed by atoms with van der Waals surface area (Å²) in [6.07, 6.45) is 0. The molecule has 1 aliphatic rings. The molecule has 1 aromatic rings. The van der Waals surface area contributed by atoms with Crippen LogP contribution in [0.25, 0.3) is 0 Å². The van der Waals surface area contributed by atoms with Crippen LogP contribution in [0, 0.1) is 24.1 Å². The van der Waals surface area contributed by atoms with Crippen molar-refractivity contribution < 1.29 is 18.4 Å². The zero-order valence-corrected chi connectivity index (χ0v) is 18.1. The number of rotatable bonds is 5. The van der Waals surface area contributed by atoms with Crippen LogP contribution in [0.15, 0.2) is 6.07 Å². The number of nitrogens with zero attached hydrogens (tertiary/aromatic N) is 1. The van der Waals surface area contributed by atoms with Crippen LogP contribution in [0.5, 0.6) is 5.75 Å². The predicted octanol–water partition coefficient (Wildman–Crippen LogP) is 4.02. The molecule has 1 heterocycles. The zero-order valence-electron chi connectivity index (χ0n) is 17.1. The maximum Gasteiger partial charge on any atom is 0.497 e. The number of hydrogen-bond acceptors (Lipinski definition) is 4. The summed E-state index contributed by atoms with van der Waals surface area (Å²) >= 11 is 0. The van der Waals surface area contributed by atoms with Crippen LogP contribution in [0.3, 0.4) is 0 Å². The molecule has 0 bridgehead atoms. The Hall–Kier alpha value is -1.36. The highest BCUT2D eigenvalue weighted by Crippen LogP contribution is 2.37. The van der Waals surface area contributed by atoms with E-state index in [0.717, 1.165) is 6.04 Å². The normalized spacial score (nSPS) is 18.7. The Morgan fingerprint density at radius 1 is 1.19 bits per heavy atom. The first kappa shape index (κ1) is 20.9. The fraction of sp³-hybridized carbons (Fsp3) is 0.632. The van der Waals surface area contributed by atoms with Gasteiger partial charge in [-0.2, -0.15) is 5.26 Å². The van der Waals surface area contributed by atoms with E-state index in [1.165, 1.54) is 6.07 Å². The quantitative estimate of drug-likeness (QED) is 0.728. The van der Waals surface area contributed by atoms with Gasteiger partial charge in [0, 0.05) is 19.1 Å². The molecule has 4 nitrogen and oxygen atoms in total. The Kier molecular flexibility index (Phi) is 5.63. The molecule has 0 N–H and O–H groups in total. The molecule has 0 aliphatic carbocycles. The van der Waals surface area contributed by atoms with Gasteiger partial charge in [-0.25, -0.2) is 4.39 Å². The molecule has 0 saturated carbocycles. The molecule has 1 aromatic carbocycles. The summed E-state index contributed by atoms with van der Waals surface area (Å²) in [5, 5.41) is 9.54. The van der Waals surface area contributed by atoms with Crippen LogP contribution < -0.4 is 10.2 Å². The molecule has 0 radical (unpaired) electrons. The molecule has 26 heavy (non-hydrogen) atoms. The third-order valence-corrected chi connectivity index (χ3v) is 6.90. The summed E-state index contributed by atoms with van der Waals surface area (Å²) < 4.78 is 32.7. The highest BCUT2D eigenvalue weighted by molar-refractivity contribution is 6.76. The van der Waals surface area contributed by atoms with Crippen LogP contribution in [0.4, 0.5) is 4.39 Å². The molecule has 0 aromatic heterocycles. The predicted molar refractivity (Wildman–Crippen MR) is 105 cm³/mol. The first-order chi connectivity index (χ1) is 11.8. The first-order valence-corrected chi connectivity index (χ1v) is 12.7. The number of hydrogen-bond donors (Lipinski definition) is 0. The van der Waals surface area contributed by atoms with E-state index in [9.17, 15) is 5.26 Å². The second kappa shape index (κ2) is 6.99. The molecular formula is C19H29BFNO3Si. The molecule has 0 unspecified atom stereocenters. The third kappa shape index (κ3) is 4.14. The van der Waals surface area contributed by atoms with Crippen LogP contribution in [0.1, 0.15) is 38.8 Å². The van der Waals surface area contributed by atoms with Gasteiger partial charge in [-0.3, -0.25) is 0 Å². The Morgan fingerprint density at radius 3 is 2.19 bits per heavy atom. The van der Waals surface area contributed by atoms with Gasteiger partial charge in [-0.05, 0) is 46.7 Å². The lowest BCUT2D eigenvalue weighted by Gasteiger charge is -2.32. The van der Waals surface area contributed by atoms with Crippen molar-refractivity contribution in [2.75, 3.05) is 6.61 Å². The van der Waals surface area contributed by atoms with Crippen LogP contribution in [0.2, 0.25) is 25.7 Å². The number of nitriles is 1. The fourth-order valence-corrected chi connectivity index (χ4v) is 3.39. The summed E-state index contributed by atoms with van der Waals surface area (Å²) in [5.74, 6) is -0.117. The second-order valence-electron chi connectivity index (χ2n) is 9.14. The van der Waals surface area contributed by atoms with E-state index >= 15 is 4.39 Å². The van der Waals surface area contributed by atoms with Gasteiger partial charge in [0.25, 0.3) is 0 Å². The highest BCUT2D eigenvalue weighted by Gasteiger charge is 2.52. The van der Waals surface area contributed by atoms with Crippen molar-refractivity contribution in [1.82, 2.24) is 0 Å². The van der Waals surface area contributed by atoms with E-state index in [-0.39, 0.29) is 5.46 Å². The number of halogens is 1. The highest BCUT2D eigenvalue weighted by atomic mass is 28.3. The van der Waals surface area contributed by atoms with E-state index in [1.54, 1.807) is 6.92 Å². The Morgan fingerprint density at radius 2 is 1.73 bits per heavy atom. The lowest BCUT2D eigenvalue weighted by atomic mass is 9.76. The molecular weight excluding hydrogens is 348 g/mol. The standard InChI is InChI=1S/C19H29BFNO3Si/c1-13-16(21)15(20-24-18(2,3)19(4,5)25-20)11-14(12-22)17(13)23-9-10-26(6,7)8/h11H,9-10H2,1-8H3. The van der Waals surface area contributed by atoms with Gasteiger partial charge >= 0.3 is 7.12 Å². The summed E-state index contributed by atoms with van der Waals surface area (Å²) in [7, 11) is -2.12. The third-order valence-electron chi connectivity index (χ3n) is 5.19. The smallest absolute Gasteiger partial charge is 0.492 e. The fourth-order valence-electron chi connectivity index (χ4n) is 2.67. The topological polar surface area (TPSA) is 51.5 Å². The molecule has 142 valence electrons. The Labute approximate surface area is 157 Å². The zero-order chi connectivity index (χ0) is 19.9. The summed E-state index contributed by atoms with van der Waals surface area (Å²) in [5.41, 5.74) is -0.266. The number of ether oxygens (including phenoxy) is 1. The molecule has 0 spiro atoms. The van der Waals surface area contributed by atoms with Gasteiger partial charge in [0.2, 0.25) is 0 Å². The summed E-state index contributed by atoms with van der Waals surface area (Å²) in [6, 6.07) is 4.56. The largest absolute Gasteiger partial charge is 0.497 e. The van der Waals surface area contributed by atoms with E-state index in [2.05, 4.69) is 25.7 Å². The van der Waals surface area contributed by atoms with Gasteiger partial charge in [-0.15, -0.1) is 0 Å². The van der Waals surface area contributed by atoms with E-state index in [4.69, 9.17) is 14.0 Å². The number of benzene rings is 1. The van der Waals surface area contributed by atoms with Gasteiger partial charge in [0.15, 0.2) is 0 Å². The maximum absolute atomic E-state index is 15.1. The van der Waals surface area contributed by atoms with Crippen molar-refractivity contribution in [2.24, 2.45) is 0 Å². The molecule has 0 atom stereocenters. The first-order valence-electron chi connectivity index (χ1n) is 9.00. The summed E-state index contributed by atoms with van der Waals surface area (Å²) in [4.78, 5) is 0. The Balaban J connectivity index is 2.35. The van der Waals surface area contributed by atoms with Crippen LogP contribution in [-0.2, 0) is 9.31 Å². The molecule has 1 aliphatic heterocycles. The van der Waals surface area contributed by atoms with Crippen molar-refractivity contribution in [1.29, 1.82) is 5.26 Å². The molecule has 1 saturated heterocycles. The van der Waals surface area contributed by atoms with Crippen molar-refractivity contribution in [3.05, 3.63) is 23.0 Å². The van der Waals surface area contributed by atoms with Crippen LogP contribution in [-0.4, -0.2) is 33.0 Å². The minimum atomic E-state index is -1.28. The van der Waals surface area contributed by atoms with Gasteiger partial charge in [-0.1, -0.05) is 19.6 Å². The minimum absolute atomic E-state index is 0.246. The molecule has 1 fully saturated rings. The Bertz CT molecular complexity index is 722. The van der Waals surface area contributed by atoms with E-state index < -0.39 is 32.2 Å². The monoisotopic (exact) mass is 377 g/mol. The van der Waals surface area contributed by atoms with E-state index in [0.29, 0.717) is 23.5 Å². The average molecular weight is 377 g/mol.